The number of halogens is 1. The molecule has 2 aromatic carbocycles. The normalized spacial score (nSPS) is 10.7. The molecule has 0 fully saturated rings. The third kappa shape index (κ3) is 4.17. The van der Waals surface area contributed by atoms with Gasteiger partial charge in [-0.3, -0.25) is 14.9 Å². The Morgan fingerprint density at radius 2 is 1.87 bits per heavy atom. The Morgan fingerprint density at radius 3 is 2.48 bits per heavy atom. The quantitative estimate of drug-likeness (QED) is 0.509. The minimum atomic E-state index is -0.559. The van der Waals surface area contributed by atoms with Crippen LogP contribution in [0.25, 0.3) is 6.08 Å². The van der Waals surface area contributed by atoms with Crippen LogP contribution in [0.3, 0.4) is 0 Å². The van der Waals surface area contributed by atoms with Gasteiger partial charge in [0, 0.05) is 17.8 Å². The van der Waals surface area contributed by atoms with E-state index < -0.39 is 4.92 Å². The molecule has 0 heterocycles. The van der Waals surface area contributed by atoms with Gasteiger partial charge < -0.3 is 5.32 Å². The second-order valence-corrected chi connectivity index (χ2v) is 5.46. The van der Waals surface area contributed by atoms with Crippen molar-refractivity contribution in [3.63, 3.8) is 0 Å². The fourth-order valence-corrected chi connectivity index (χ4v) is 2.31. The van der Waals surface area contributed by atoms with Crippen molar-refractivity contribution in [2.45, 2.75) is 13.8 Å². The maximum absolute atomic E-state index is 12.0. The number of nitro benzene ring substituents is 1. The van der Waals surface area contributed by atoms with Crippen molar-refractivity contribution in [1.82, 2.24) is 0 Å². The molecule has 0 aromatic heterocycles. The van der Waals surface area contributed by atoms with Crippen molar-refractivity contribution >= 4 is 35.0 Å². The van der Waals surface area contributed by atoms with Crippen LogP contribution >= 0.6 is 11.6 Å². The number of amides is 1. The number of para-hydroxylation sites is 1. The number of nitrogens with one attached hydrogen (secondary N) is 1. The van der Waals surface area contributed by atoms with E-state index in [4.69, 9.17) is 11.6 Å². The number of aryl methyl sites for hydroxylation is 2. The van der Waals surface area contributed by atoms with Crippen LogP contribution in [0.4, 0.5) is 11.4 Å². The van der Waals surface area contributed by atoms with Crippen molar-refractivity contribution < 1.29 is 9.72 Å². The minimum absolute atomic E-state index is 0.0622. The number of carbonyl (C=O) groups is 1. The largest absolute Gasteiger partial charge is 0.322 e. The summed E-state index contributed by atoms with van der Waals surface area (Å²) < 4.78 is 0. The number of rotatable bonds is 4. The fraction of sp³-hybridized carbons (Fsp3) is 0.118. The summed E-state index contributed by atoms with van der Waals surface area (Å²) in [6, 6.07) is 10.1. The Kier molecular flexibility index (Phi) is 5.13. The van der Waals surface area contributed by atoms with Crippen LogP contribution in [0, 0.1) is 24.0 Å². The van der Waals surface area contributed by atoms with Crippen LogP contribution in [0.5, 0.6) is 0 Å². The summed E-state index contributed by atoms with van der Waals surface area (Å²) in [6.07, 6.45) is 2.84. The van der Waals surface area contributed by atoms with E-state index in [9.17, 15) is 14.9 Å². The molecule has 23 heavy (non-hydrogen) atoms. The van der Waals surface area contributed by atoms with Crippen LogP contribution in [-0.4, -0.2) is 10.8 Å². The first-order valence-electron chi connectivity index (χ1n) is 6.87. The Hall–Kier alpha value is -2.66. The van der Waals surface area contributed by atoms with E-state index in [-0.39, 0.29) is 16.6 Å². The number of benzene rings is 2. The van der Waals surface area contributed by atoms with Crippen molar-refractivity contribution in [3.05, 3.63) is 74.3 Å². The fourth-order valence-electron chi connectivity index (χ4n) is 2.12. The van der Waals surface area contributed by atoms with Gasteiger partial charge in [0.05, 0.1) is 4.92 Å². The van der Waals surface area contributed by atoms with Crippen molar-refractivity contribution in [3.8, 4) is 0 Å². The van der Waals surface area contributed by atoms with Gasteiger partial charge in [-0.2, -0.15) is 0 Å². The van der Waals surface area contributed by atoms with E-state index in [1.807, 2.05) is 32.0 Å². The molecule has 0 spiro atoms. The summed E-state index contributed by atoms with van der Waals surface area (Å²) in [5.74, 6) is -0.306. The first-order chi connectivity index (χ1) is 10.9. The molecule has 6 heteroatoms. The average Bonchev–Trinajstić information content (AvgIpc) is 2.50. The molecule has 0 aliphatic rings. The predicted molar refractivity (Wildman–Crippen MR) is 91.7 cm³/mol. The lowest BCUT2D eigenvalue weighted by Gasteiger charge is -2.09. The maximum Gasteiger partial charge on any atom is 0.288 e. The Labute approximate surface area is 138 Å². The number of anilines is 1. The van der Waals surface area contributed by atoms with Crippen LogP contribution in [-0.2, 0) is 4.79 Å². The predicted octanol–water partition coefficient (Wildman–Crippen LogP) is 4.52. The van der Waals surface area contributed by atoms with Gasteiger partial charge in [-0.15, -0.1) is 0 Å². The maximum atomic E-state index is 12.0. The smallest absolute Gasteiger partial charge is 0.288 e. The molecule has 1 N–H and O–H groups in total. The summed E-state index contributed by atoms with van der Waals surface area (Å²) in [5.41, 5.74) is 3.04. The van der Waals surface area contributed by atoms with Crippen LogP contribution in [0.2, 0.25) is 5.02 Å². The summed E-state index contributed by atoms with van der Waals surface area (Å²) in [4.78, 5) is 22.3. The first-order valence-corrected chi connectivity index (χ1v) is 7.25. The highest BCUT2D eigenvalue weighted by molar-refractivity contribution is 6.32. The van der Waals surface area contributed by atoms with E-state index in [1.54, 1.807) is 6.07 Å². The molecule has 2 aromatic rings. The minimum Gasteiger partial charge on any atom is -0.322 e. The first kappa shape index (κ1) is 16.7. The Morgan fingerprint density at radius 1 is 1.22 bits per heavy atom. The van der Waals surface area contributed by atoms with Gasteiger partial charge in [0.15, 0.2) is 0 Å². The highest BCUT2D eigenvalue weighted by Crippen LogP contribution is 2.25. The molecule has 0 aliphatic heterocycles. The Bertz CT molecular complexity index is 780. The molecular weight excluding hydrogens is 316 g/mol. The van der Waals surface area contributed by atoms with Crippen LogP contribution in [0.1, 0.15) is 16.7 Å². The van der Waals surface area contributed by atoms with E-state index >= 15 is 0 Å². The number of hydrogen-bond acceptors (Lipinski definition) is 3. The summed E-state index contributed by atoms with van der Waals surface area (Å²) >= 11 is 5.75. The van der Waals surface area contributed by atoms with Crippen molar-refractivity contribution in [2.75, 3.05) is 5.32 Å². The van der Waals surface area contributed by atoms with Gasteiger partial charge in [-0.05, 0) is 42.7 Å². The highest BCUT2D eigenvalue weighted by Gasteiger charge is 2.12. The monoisotopic (exact) mass is 330 g/mol. The molecule has 0 saturated heterocycles. The summed E-state index contributed by atoms with van der Waals surface area (Å²) in [6.45, 7) is 3.82. The standard InChI is InChI=1S/C17H15ClN2O3/c1-11-4-3-5-12(2)17(11)19-16(21)9-7-13-6-8-14(18)15(10-13)20(22)23/h3-10H,1-2H3,(H,19,21). The van der Waals surface area contributed by atoms with Gasteiger partial charge in [0.2, 0.25) is 5.91 Å². The number of nitro groups is 1. The van der Waals surface area contributed by atoms with E-state index in [0.29, 0.717) is 5.56 Å². The van der Waals surface area contributed by atoms with Gasteiger partial charge in [0.1, 0.15) is 5.02 Å². The molecule has 0 atom stereocenters. The molecule has 0 unspecified atom stereocenters. The van der Waals surface area contributed by atoms with Crippen LogP contribution in [0.15, 0.2) is 42.5 Å². The molecule has 118 valence electrons. The highest BCUT2D eigenvalue weighted by atomic mass is 35.5. The number of nitrogens with zero attached hydrogens (tertiary/aromatic N) is 1. The van der Waals surface area contributed by atoms with Gasteiger partial charge in [-0.1, -0.05) is 35.9 Å². The lowest BCUT2D eigenvalue weighted by Crippen LogP contribution is -2.10. The molecule has 2 rings (SSSR count). The summed E-state index contributed by atoms with van der Waals surface area (Å²) in [7, 11) is 0. The zero-order valence-electron chi connectivity index (χ0n) is 12.7. The molecule has 0 bridgehead atoms. The molecule has 0 radical (unpaired) electrons. The van der Waals surface area contributed by atoms with E-state index in [2.05, 4.69) is 5.32 Å². The Balaban J connectivity index is 2.16. The van der Waals surface area contributed by atoms with Crippen LogP contribution < -0.4 is 5.32 Å². The SMILES string of the molecule is Cc1cccc(C)c1NC(=O)C=Cc1ccc(Cl)c([N+](=O)[O-])c1. The molecular formula is C17H15ClN2O3. The summed E-state index contributed by atoms with van der Waals surface area (Å²) in [5, 5.41) is 13.7. The molecule has 5 nitrogen and oxygen atoms in total. The number of carbonyl (C=O) groups excluding carboxylic acids is 1. The lowest BCUT2D eigenvalue weighted by molar-refractivity contribution is -0.384. The average molecular weight is 331 g/mol. The van der Waals surface area contributed by atoms with Gasteiger partial charge in [0.25, 0.3) is 5.69 Å². The van der Waals surface area contributed by atoms with Gasteiger partial charge in [-0.25, -0.2) is 0 Å². The van der Waals surface area contributed by atoms with Crippen molar-refractivity contribution in [2.24, 2.45) is 0 Å². The third-order valence-electron chi connectivity index (χ3n) is 3.32. The van der Waals surface area contributed by atoms with Crippen molar-refractivity contribution in [1.29, 1.82) is 0 Å². The third-order valence-corrected chi connectivity index (χ3v) is 3.64. The second kappa shape index (κ2) is 7.07. The zero-order valence-corrected chi connectivity index (χ0v) is 13.4. The van der Waals surface area contributed by atoms with Gasteiger partial charge >= 0.3 is 0 Å². The second-order valence-electron chi connectivity index (χ2n) is 5.06. The topological polar surface area (TPSA) is 72.2 Å². The molecule has 0 aliphatic carbocycles. The number of hydrogen-bond donors (Lipinski definition) is 1. The van der Waals surface area contributed by atoms with E-state index in [1.165, 1.54) is 24.3 Å². The van der Waals surface area contributed by atoms with E-state index in [0.717, 1.165) is 16.8 Å². The molecule has 1 amide bonds. The lowest BCUT2D eigenvalue weighted by atomic mass is 10.1. The molecule has 0 saturated carbocycles. The zero-order chi connectivity index (χ0) is 17.0.